The Balaban J connectivity index is 3.16. The molecule has 0 spiro atoms. The van der Waals surface area contributed by atoms with Gasteiger partial charge < -0.3 is 9.47 Å². The van der Waals surface area contributed by atoms with E-state index >= 15 is 0 Å². The topological polar surface area (TPSA) is 35.5 Å². The van der Waals surface area contributed by atoms with Gasteiger partial charge in [-0.05, 0) is 19.4 Å². The third-order valence-corrected chi connectivity index (χ3v) is 2.51. The minimum Gasteiger partial charge on any atom is -0.493 e. The van der Waals surface area contributed by atoms with Crippen LogP contribution >= 0.6 is 11.6 Å². The van der Waals surface area contributed by atoms with E-state index in [1.165, 1.54) is 7.11 Å². The molecule has 1 aromatic rings. The predicted molar refractivity (Wildman–Crippen MR) is 63.8 cm³/mol. The number of benzene rings is 1. The molecular formula is C12H15ClO3. The van der Waals surface area contributed by atoms with Gasteiger partial charge >= 0.3 is 0 Å². The molecule has 1 rings (SSSR count). The van der Waals surface area contributed by atoms with Crippen molar-refractivity contribution >= 4 is 17.9 Å². The van der Waals surface area contributed by atoms with E-state index in [4.69, 9.17) is 21.1 Å². The molecule has 0 aromatic heterocycles. The van der Waals surface area contributed by atoms with E-state index in [0.717, 1.165) is 6.42 Å². The van der Waals surface area contributed by atoms with Gasteiger partial charge in [-0.3, -0.25) is 4.79 Å². The highest BCUT2D eigenvalue weighted by atomic mass is 35.5. The Morgan fingerprint density at radius 2 is 2.19 bits per heavy atom. The summed E-state index contributed by atoms with van der Waals surface area (Å²) >= 11 is 5.86. The molecule has 16 heavy (non-hydrogen) atoms. The van der Waals surface area contributed by atoms with Crippen LogP contribution in [0.3, 0.4) is 0 Å². The number of carbonyl (C=O) groups excluding carboxylic acids is 1. The molecule has 0 aliphatic carbocycles. The van der Waals surface area contributed by atoms with Crippen LogP contribution in [-0.4, -0.2) is 19.5 Å². The second-order valence-corrected chi connectivity index (χ2v) is 3.92. The smallest absolute Gasteiger partial charge is 0.172 e. The quantitative estimate of drug-likeness (QED) is 0.743. The summed E-state index contributed by atoms with van der Waals surface area (Å²) in [7, 11) is 1.52. The molecule has 0 N–H and O–H groups in total. The SMILES string of the molecule is CCC(C)Oc1c(C=O)cc(Cl)cc1OC. The zero-order valence-electron chi connectivity index (χ0n) is 9.62. The first-order chi connectivity index (χ1) is 7.62. The second-order valence-electron chi connectivity index (χ2n) is 3.48. The van der Waals surface area contributed by atoms with Crippen molar-refractivity contribution in [3.63, 3.8) is 0 Å². The van der Waals surface area contributed by atoms with E-state index in [9.17, 15) is 4.79 Å². The van der Waals surface area contributed by atoms with Crippen molar-refractivity contribution in [1.29, 1.82) is 0 Å². The van der Waals surface area contributed by atoms with Crippen molar-refractivity contribution in [3.8, 4) is 11.5 Å². The van der Waals surface area contributed by atoms with E-state index in [1.54, 1.807) is 12.1 Å². The number of aldehydes is 1. The summed E-state index contributed by atoms with van der Waals surface area (Å²) in [5.41, 5.74) is 0.407. The lowest BCUT2D eigenvalue weighted by molar-refractivity contribution is 0.111. The molecule has 1 atom stereocenters. The summed E-state index contributed by atoms with van der Waals surface area (Å²) in [6.45, 7) is 3.94. The summed E-state index contributed by atoms with van der Waals surface area (Å²) in [6.07, 6.45) is 1.59. The standard InChI is InChI=1S/C12H15ClO3/c1-4-8(2)16-12-9(7-14)5-10(13)6-11(12)15-3/h5-8H,4H2,1-3H3. The van der Waals surface area contributed by atoms with Crippen molar-refractivity contribution in [1.82, 2.24) is 0 Å². The summed E-state index contributed by atoms with van der Waals surface area (Å²) in [5, 5.41) is 0.454. The van der Waals surface area contributed by atoms with Gasteiger partial charge in [0.1, 0.15) is 0 Å². The Kier molecular flexibility index (Phi) is 4.62. The highest BCUT2D eigenvalue weighted by Gasteiger charge is 2.14. The van der Waals surface area contributed by atoms with Gasteiger partial charge in [0, 0.05) is 11.1 Å². The van der Waals surface area contributed by atoms with Crippen molar-refractivity contribution in [3.05, 3.63) is 22.7 Å². The van der Waals surface area contributed by atoms with Crippen LogP contribution in [0.2, 0.25) is 5.02 Å². The van der Waals surface area contributed by atoms with Crippen molar-refractivity contribution in [2.24, 2.45) is 0 Å². The second kappa shape index (κ2) is 5.75. The van der Waals surface area contributed by atoms with Gasteiger partial charge in [0.25, 0.3) is 0 Å². The van der Waals surface area contributed by atoms with E-state index in [0.29, 0.717) is 28.4 Å². The number of methoxy groups -OCH3 is 1. The lowest BCUT2D eigenvalue weighted by Crippen LogP contribution is -2.12. The fourth-order valence-electron chi connectivity index (χ4n) is 1.24. The maximum absolute atomic E-state index is 10.9. The Labute approximate surface area is 100 Å². The monoisotopic (exact) mass is 242 g/mol. The molecule has 0 amide bonds. The van der Waals surface area contributed by atoms with Gasteiger partial charge in [0.15, 0.2) is 17.8 Å². The lowest BCUT2D eigenvalue weighted by Gasteiger charge is -2.17. The number of ether oxygens (including phenoxy) is 2. The number of halogens is 1. The molecule has 88 valence electrons. The van der Waals surface area contributed by atoms with E-state index in [-0.39, 0.29) is 6.10 Å². The average molecular weight is 243 g/mol. The molecule has 0 saturated carbocycles. The summed E-state index contributed by atoms with van der Waals surface area (Å²) < 4.78 is 10.8. The van der Waals surface area contributed by atoms with E-state index in [1.807, 2.05) is 13.8 Å². The molecule has 0 saturated heterocycles. The largest absolute Gasteiger partial charge is 0.493 e. The van der Waals surface area contributed by atoms with Gasteiger partial charge in [-0.15, -0.1) is 0 Å². The van der Waals surface area contributed by atoms with Crippen LogP contribution in [0.5, 0.6) is 11.5 Å². The fourth-order valence-corrected chi connectivity index (χ4v) is 1.46. The van der Waals surface area contributed by atoms with Crippen LogP contribution in [0, 0.1) is 0 Å². The number of hydrogen-bond acceptors (Lipinski definition) is 3. The summed E-state index contributed by atoms with van der Waals surface area (Å²) in [5.74, 6) is 0.936. The normalized spacial score (nSPS) is 12.0. The number of hydrogen-bond donors (Lipinski definition) is 0. The molecule has 0 aliphatic heterocycles. The molecule has 4 heteroatoms. The Morgan fingerprint density at radius 1 is 1.50 bits per heavy atom. The molecule has 0 radical (unpaired) electrons. The average Bonchev–Trinajstić information content (AvgIpc) is 2.30. The zero-order valence-corrected chi connectivity index (χ0v) is 10.4. The minimum absolute atomic E-state index is 0.0220. The Morgan fingerprint density at radius 3 is 2.69 bits per heavy atom. The lowest BCUT2D eigenvalue weighted by atomic mass is 10.2. The molecule has 1 aromatic carbocycles. The molecule has 0 aliphatic rings. The first-order valence-corrected chi connectivity index (χ1v) is 5.49. The third-order valence-electron chi connectivity index (χ3n) is 2.29. The summed E-state index contributed by atoms with van der Waals surface area (Å²) in [6, 6.07) is 3.20. The molecule has 3 nitrogen and oxygen atoms in total. The van der Waals surface area contributed by atoms with Gasteiger partial charge in [-0.25, -0.2) is 0 Å². The highest BCUT2D eigenvalue weighted by molar-refractivity contribution is 6.31. The third kappa shape index (κ3) is 2.89. The summed E-state index contributed by atoms with van der Waals surface area (Å²) in [4.78, 5) is 10.9. The van der Waals surface area contributed by atoms with Gasteiger partial charge in [0.05, 0.1) is 18.8 Å². The van der Waals surface area contributed by atoms with Crippen LogP contribution in [0.4, 0.5) is 0 Å². The first-order valence-electron chi connectivity index (χ1n) is 5.11. The highest BCUT2D eigenvalue weighted by Crippen LogP contribution is 2.34. The Bertz CT molecular complexity index is 377. The van der Waals surface area contributed by atoms with Crippen LogP contribution < -0.4 is 9.47 Å². The van der Waals surface area contributed by atoms with Crippen LogP contribution in [0.25, 0.3) is 0 Å². The van der Waals surface area contributed by atoms with E-state index in [2.05, 4.69) is 0 Å². The van der Waals surface area contributed by atoms with Gasteiger partial charge in [-0.1, -0.05) is 18.5 Å². The van der Waals surface area contributed by atoms with Gasteiger partial charge in [-0.2, -0.15) is 0 Å². The number of rotatable bonds is 5. The maximum atomic E-state index is 10.9. The van der Waals surface area contributed by atoms with Crippen LogP contribution in [0.15, 0.2) is 12.1 Å². The maximum Gasteiger partial charge on any atom is 0.172 e. The molecule has 0 heterocycles. The van der Waals surface area contributed by atoms with E-state index < -0.39 is 0 Å². The fraction of sp³-hybridized carbons (Fsp3) is 0.417. The predicted octanol–water partition coefficient (Wildman–Crippen LogP) is 3.34. The van der Waals surface area contributed by atoms with Crippen molar-refractivity contribution < 1.29 is 14.3 Å². The first kappa shape index (κ1) is 12.8. The molecule has 0 bridgehead atoms. The Hall–Kier alpha value is -1.22. The number of carbonyl (C=O) groups is 1. The van der Waals surface area contributed by atoms with Crippen LogP contribution in [0.1, 0.15) is 30.6 Å². The van der Waals surface area contributed by atoms with Crippen molar-refractivity contribution in [2.45, 2.75) is 26.4 Å². The zero-order chi connectivity index (χ0) is 12.1. The van der Waals surface area contributed by atoms with Crippen molar-refractivity contribution in [2.75, 3.05) is 7.11 Å². The van der Waals surface area contributed by atoms with Gasteiger partial charge in [0.2, 0.25) is 0 Å². The van der Waals surface area contributed by atoms with Crippen LogP contribution in [-0.2, 0) is 0 Å². The molecule has 0 fully saturated rings. The molecule has 1 unspecified atom stereocenters. The molecular weight excluding hydrogens is 228 g/mol. The minimum atomic E-state index is 0.0220.